The molecule has 116 valence electrons. The van der Waals surface area contributed by atoms with E-state index < -0.39 is 5.54 Å². The van der Waals surface area contributed by atoms with Crippen LogP contribution in [0, 0.1) is 12.8 Å². The van der Waals surface area contributed by atoms with Gasteiger partial charge in [0.15, 0.2) is 5.16 Å². The van der Waals surface area contributed by atoms with Crippen molar-refractivity contribution in [1.29, 1.82) is 0 Å². The highest BCUT2D eigenvalue weighted by molar-refractivity contribution is 7.99. The molecule has 21 heavy (non-hydrogen) atoms. The van der Waals surface area contributed by atoms with Gasteiger partial charge in [-0.2, -0.15) is 0 Å². The van der Waals surface area contributed by atoms with E-state index in [1.54, 1.807) is 18.0 Å². The maximum Gasteiger partial charge on any atom is 0.326 e. The summed E-state index contributed by atoms with van der Waals surface area (Å²) in [6, 6.07) is 1.89. The number of carbonyl (C=O) groups excluding carboxylic acids is 1. The standard InChI is InChI=1S/C15H23N3O2S/c1-11-6-9-17-14(18-11)21-10-7-12-5-4-8-15(12,16-2)13(19)20-3/h6,9,12,16H,4-5,7-8,10H2,1-3H3. The third-order valence-corrected chi connectivity index (χ3v) is 5.18. The number of rotatable bonds is 6. The van der Waals surface area contributed by atoms with Crippen LogP contribution in [0.3, 0.4) is 0 Å². The van der Waals surface area contributed by atoms with Gasteiger partial charge in [0.2, 0.25) is 0 Å². The number of thioether (sulfide) groups is 1. The first-order valence-corrected chi connectivity index (χ1v) is 8.30. The average Bonchev–Trinajstić information content (AvgIpc) is 2.90. The zero-order chi connectivity index (χ0) is 15.3. The van der Waals surface area contributed by atoms with Crippen LogP contribution in [-0.2, 0) is 9.53 Å². The van der Waals surface area contributed by atoms with Crippen LogP contribution in [0.1, 0.15) is 31.4 Å². The van der Waals surface area contributed by atoms with Crippen molar-refractivity contribution in [3.8, 4) is 0 Å². The van der Waals surface area contributed by atoms with Crippen LogP contribution < -0.4 is 5.32 Å². The van der Waals surface area contributed by atoms with Gasteiger partial charge in [-0.05, 0) is 45.2 Å². The maximum absolute atomic E-state index is 12.1. The average molecular weight is 309 g/mol. The first-order chi connectivity index (χ1) is 10.1. The van der Waals surface area contributed by atoms with Crippen LogP contribution in [0.25, 0.3) is 0 Å². The Kier molecular flexibility index (Phi) is 5.58. The van der Waals surface area contributed by atoms with E-state index in [-0.39, 0.29) is 5.97 Å². The summed E-state index contributed by atoms with van der Waals surface area (Å²) in [6.45, 7) is 1.96. The lowest BCUT2D eigenvalue weighted by Gasteiger charge is -2.32. The number of nitrogens with one attached hydrogen (secondary N) is 1. The molecule has 1 aromatic heterocycles. The van der Waals surface area contributed by atoms with Crippen LogP contribution in [0.4, 0.5) is 0 Å². The number of carbonyl (C=O) groups is 1. The molecule has 0 amide bonds. The molecule has 2 rings (SSSR count). The Morgan fingerprint density at radius 3 is 3.10 bits per heavy atom. The zero-order valence-corrected chi connectivity index (χ0v) is 13.7. The fourth-order valence-electron chi connectivity index (χ4n) is 3.14. The molecular formula is C15H23N3O2S. The monoisotopic (exact) mass is 309 g/mol. The van der Waals surface area contributed by atoms with Gasteiger partial charge in [-0.1, -0.05) is 18.2 Å². The van der Waals surface area contributed by atoms with E-state index >= 15 is 0 Å². The van der Waals surface area contributed by atoms with E-state index in [2.05, 4.69) is 15.3 Å². The predicted molar refractivity (Wildman–Crippen MR) is 83.3 cm³/mol. The summed E-state index contributed by atoms with van der Waals surface area (Å²) in [6.07, 6.45) is 5.72. The molecule has 1 heterocycles. The van der Waals surface area contributed by atoms with Crippen molar-refractivity contribution in [3.63, 3.8) is 0 Å². The summed E-state index contributed by atoms with van der Waals surface area (Å²) in [5, 5.41) is 4.03. The molecule has 2 atom stereocenters. The Morgan fingerprint density at radius 1 is 1.62 bits per heavy atom. The molecule has 0 saturated heterocycles. The first kappa shape index (κ1) is 16.2. The van der Waals surface area contributed by atoms with Crippen molar-refractivity contribution in [1.82, 2.24) is 15.3 Å². The lowest BCUT2D eigenvalue weighted by Crippen LogP contribution is -2.53. The quantitative estimate of drug-likeness (QED) is 0.494. The summed E-state index contributed by atoms with van der Waals surface area (Å²) in [5.41, 5.74) is 0.468. The SMILES string of the molecule is CNC1(C(=O)OC)CCCC1CCSc1nccc(C)n1. The minimum atomic E-state index is -0.511. The highest BCUT2D eigenvalue weighted by Gasteiger charge is 2.48. The van der Waals surface area contributed by atoms with E-state index in [1.165, 1.54) is 7.11 Å². The molecular weight excluding hydrogens is 286 g/mol. The van der Waals surface area contributed by atoms with Crippen molar-refractivity contribution >= 4 is 17.7 Å². The molecule has 0 aliphatic heterocycles. The van der Waals surface area contributed by atoms with Crippen LogP contribution in [0.5, 0.6) is 0 Å². The second-order valence-corrected chi connectivity index (χ2v) is 6.48. The Bertz CT molecular complexity index is 498. The molecule has 1 fully saturated rings. The van der Waals surface area contributed by atoms with Gasteiger partial charge in [0.05, 0.1) is 7.11 Å². The Balaban J connectivity index is 1.94. The molecule has 1 aliphatic rings. The molecule has 1 N–H and O–H groups in total. The van der Waals surface area contributed by atoms with Gasteiger partial charge in [0.1, 0.15) is 5.54 Å². The largest absolute Gasteiger partial charge is 0.468 e. The molecule has 6 heteroatoms. The number of hydrogen-bond donors (Lipinski definition) is 1. The molecule has 0 spiro atoms. The van der Waals surface area contributed by atoms with Crippen molar-refractivity contribution in [3.05, 3.63) is 18.0 Å². The molecule has 5 nitrogen and oxygen atoms in total. The number of likely N-dealkylation sites (N-methyl/N-ethyl adjacent to an activating group) is 1. The summed E-state index contributed by atoms with van der Waals surface area (Å²) < 4.78 is 5.01. The highest BCUT2D eigenvalue weighted by Crippen LogP contribution is 2.39. The van der Waals surface area contributed by atoms with E-state index in [4.69, 9.17) is 4.74 Å². The minimum Gasteiger partial charge on any atom is -0.468 e. The Labute approximate surface area is 130 Å². The lowest BCUT2D eigenvalue weighted by molar-refractivity contribution is -0.150. The number of ether oxygens (including phenoxy) is 1. The van der Waals surface area contributed by atoms with Gasteiger partial charge in [-0.25, -0.2) is 9.97 Å². The predicted octanol–water partition coefficient (Wildman–Crippen LogP) is 2.20. The zero-order valence-electron chi connectivity index (χ0n) is 12.9. The van der Waals surface area contributed by atoms with E-state index in [9.17, 15) is 4.79 Å². The van der Waals surface area contributed by atoms with Gasteiger partial charge in [-0.3, -0.25) is 4.79 Å². The summed E-state index contributed by atoms with van der Waals surface area (Å²) in [4.78, 5) is 20.8. The maximum atomic E-state index is 12.1. The lowest BCUT2D eigenvalue weighted by atomic mass is 9.85. The molecule has 0 radical (unpaired) electrons. The molecule has 1 saturated carbocycles. The summed E-state index contributed by atoms with van der Waals surface area (Å²) in [7, 11) is 3.32. The number of methoxy groups -OCH3 is 1. The van der Waals surface area contributed by atoms with Gasteiger partial charge >= 0.3 is 5.97 Å². The molecule has 1 aliphatic carbocycles. The normalized spacial score (nSPS) is 25.0. The van der Waals surface area contributed by atoms with E-state index in [1.807, 2.05) is 20.0 Å². The summed E-state index contributed by atoms with van der Waals surface area (Å²) in [5.74, 6) is 1.09. The van der Waals surface area contributed by atoms with Gasteiger partial charge < -0.3 is 10.1 Å². The smallest absolute Gasteiger partial charge is 0.326 e. The Hall–Kier alpha value is -1.14. The molecule has 2 unspecified atom stereocenters. The third-order valence-electron chi connectivity index (χ3n) is 4.29. The van der Waals surface area contributed by atoms with Crippen LogP contribution in [0.15, 0.2) is 17.4 Å². The second kappa shape index (κ2) is 7.22. The number of aryl methyl sites for hydroxylation is 1. The summed E-state index contributed by atoms with van der Waals surface area (Å²) >= 11 is 1.65. The fourth-order valence-corrected chi connectivity index (χ4v) is 4.07. The Morgan fingerprint density at radius 2 is 2.43 bits per heavy atom. The molecule has 1 aromatic rings. The van der Waals surface area contributed by atoms with Crippen LogP contribution >= 0.6 is 11.8 Å². The van der Waals surface area contributed by atoms with Gasteiger partial charge in [0, 0.05) is 17.6 Å². The number of nitrogens with zero attached hydrogens (tertiary/aromatic N) is 2. The first-order valence-electron chi connectivity index (χ1n) is 7.32. The van der Waals surface area contributed by atoms with Crippen molar-refractivity contribution in [2.45, 2.75) is 43.3 Å². The fraction of sp³-hybridized carbons (Fsp3) is 0.667. The van der Waals surface area contributed by atoms with Crippen LogP contribution in [-0.4, -0.2) is 41.4 Å². The highest BCUT2D eigenvalue weighted by atomic mass is 32.2. The molecule has 0 bridgehead atoms. The van der Waals surface area contributed by atoms with E-state index in [0.717, 1.165) is 42.3 Å². The number of esters is 1. The van der Waals surface area contributed by atoms with E-state index in [0.29, 0.717) is 5.92 Å². The topological polar surface area (TPSA) is 64.1 Å². The van der Waals surface area contributed by atoms with Gasteiger partial charge in [0.25, 0.3) is 0 Å². The molecule has 0 aromatic carbocycles. The van der Waals surface area contributed by atoms with Crippen molar-refractivity contribution in [2.24, 2.45) is 5.92 Å². The van der Waals surface area contributed by atoms with Gasteiger partial charge in [-0.15, -0.1) is 0 Å². The third kappa shape index (κ3) is 3.55. The van der Waals surface area contributed by atoms with Crippen molar-refractivity contribution < 1.29 is 9.53 Å². The minimum absolute atomic E-state index is 0.135. The number of hydrogen-bond acceptors (Lipinski definition) is 6. The van der Waals surface area contributed by atoms with Crippen LogP contribution in [0.2, 0.25) is 0 Å². The number of aromatic nitrogens is 2. The second-order valence-electron chi connectivity index (χ2n) is 5.42. The van der Waals surface area contributed by atoms with Crippen molar-refractivity contribution in [2.75, 3.05) is 19.9 Å².